The molecule has 0 aromatic heterocycles. The minimum Gasteiger partial charge on any atom is -0.377 e. The van der Waals surface area contributed by atoms with Crippen molar-refractivity contribution >= 4 is 26.4 Å². The summed E-state index contributed by atoms with van der Waals surface area (Å²) in [7, 11) is 7.51. The Morgan fingerprint density at radius 1 is 0.429 bits per heavy atom. The number of hydrogen-bond acceptors (Lipinski definition) is 12. The molecule has 0 heterocycles. The summed E-state index contributed by atoms with van der Waals surface area (Å²) in [5.41, 5.74) is 5.35. The van der Waals surface area contributed by atoms with Gasteiger partial charge in [0.1, 0.15) is 0 Å². The van der Waals surface area contributed by atoms with Crippen LogP contribution in [0, 0.1) is 0 Å². The van der Waals surface area contributed by atoms with Crippen molar-refractivity contribution in [1.29, 1.82) is 0 Å². The second-order valence-electron chi connectivity index (χ2n) is 7.49. The zero-order chi connectivity index (χ0) is 27.1. The molecule has 0 aliphatic rings. The summed E-state index contributed by atoms with van der Waals surface area (Å²) in [6, 6.07) is 2.43. The van der Waals surface area contributed by atoms with Crippen molar-refractivity contribution in [2.75, 3.05) is 96.7 Å². The van der Waals surface area contributed by atoms with Crippen LogP contribution >= 0.6 is 0 Å². The highest BCUT2D eigenvalue weighted by atomic mass is 28.4. The maximum atomic E-state index is 5.37. The van der Waals surface area contributed by atoms with Crippen molar-refractivity contribution in [3.8, 4) is 0 Å². The first-order valence-electron chi connectivity index (χ1n) is 11.9. The van der Waals surface area contributed by atoms with Crippen LogP contribution in [0.1, 0.15) is 19.3 Å². The molecule has 4 N–H and O–H groups in total. The van der Waals surface area contributed by atoms with Gasteiger partial charge in [-0.25, -0.2) is 0 Å². The fourth-order valence-corrected chi connectivity index (χ4v) is 8.48. The number of nitrogens with one attached hydrogen (secondary N) is 2. The van der Waals surface area contributed by atoms with Gasteiger partial charge in [0.25, 0.3) is 0 Å². The van der Waals surface area contributed by atoms with E-state index in [0.717, 1.165) is 63.6 Å². The molecule has 0 bridgehead atoms. The third kappa shape index (κ3) is 15.9. The Bertz CT molecular complexity index is 414. The lowest BCUT2D eigenvalue weighted by molar-refractivity contribution is 0.122. The Hall–Kier alpha value is 0.171. The molecule has 15 heteroatoms. The topological polar surface area (TPSA) is 133 Å². The van der Waals surface area contributed by atoms with Crippen molar-refractivity contribution < 1.29 is 39.8 Å². The van der Waals surface area contributed by atoms with Gasteiger partial charge in [0.15, 0.2) is 0 Å². The van der Waals surface area contributed by atoms with Crippen LogP contribution in [0.4, 0.5) is 0 Å². The lowest BCUT2D eigenvalue weighted by Gasteiger charge is -2.25. The lowest BCUT2D eigenvalue weighted by Crippen LogP contribution is -2.43. The first-order valence-corrected chi connectivity index (χ1v) is 17.7. The molecule has 12 nitrogen and oxygen atoms in total. The van der Waals surface area contributed by atoms with E-state index < -0.39 is 26.4 Å². The second kappa shape index (κ2) is 23.3. The summed E-state index contributed by atoms with van der Waals surface area (Å²) in [6.45, 7) is 4.23. The molecular weight excluding hydrogens is 510 g/mol. The minimum absolute atomic E-state index is 0.668. The van der Waals surface area contributed by atoms with Crippen LogP contribution in [-0.2, 0) is 39.8 Å². The van der Waals surface area contributed by atoms with Crippen LogP contribution in [0.5, 0.6) is 0 Å². The number of rotatable bonds is 23. The molecule has 0 amide bonds. The summed E-state index contributed by atoms with van der Waals surface area (Å²) in [4.78, 5) is 0. The monoisotopic (exact) mass is 563 g/mol. The maximum Gasteiger partial charge on any atom is 0.500 e. The normalized spacial score (nSPS) is 12.5. The van der Waals surface area contributed by atoms with Gasteiger partial charge in [-0.05, 0) is 38.9 Å². The van der Waals surface area contributed by atoms with Gasteiger partial charge >= 0.3 is 26.4 Å². The van der Waals surface area contributed by atoms with Crippen LogP contribution in [0.15, 0.2) is 0 Å². The van der Waals surface area contributed by atoms with Gasteiger partial charge in [-0.15, -0.1) is 0 Å². The van der Waals surface area contributed by atoms with Crippen molar-refractivity contribution in [3.63, 3.8) is 0 Å². The molecule has 0 saturated heterocycles. The molecule has 0 atom stereocenters. The summed E-state index contributed by atoms with van der Waals surface area (Å²) in [6.07, 6.45) is 2.87. The van der Waals surface area contributed by atoms with Crippen molar-refractivity contribution in [2.24, 2.45) is 5.73 Å². The Morgan fingerprint density at radius 2 is 0.657 bits per heavy atom. The molecule has 0 aliphatic carbocycles. The van der Waals surface area contributed by atoms with Crippen LogP contribution in [0.3, 0.4) is 0 Å². The molecule has 0 fully saturated rings. The van der Waals surface area contributed by atoms with E-state index in [1.165, 1.54) is 0 Å². The van der Waals surface area contributed by atoms with Crippen LogP contribution < -0.4 is 16.4 Å². The third-order valence-corrected chi connectivity index (χ3v) is 14.1. The van der Waals surface area contributed by atoms with Crippen LogP contribution in [0.2, 0.25) is 18.1 Å². The minimum atomic E-state index is -2.43. The van der Waals surface area contributed by atoms with E-state index in [2.05, 4.69) is 10.6 Å². The summed E-state index contributed by atoms with van der Waals surface area (Å²) >= 11 is 0. The average molecular weight is 564 g/mol. The second-order valence-corrected chi connectivity index (χ2v) is 16.8. The quantitative estimate of drug-likeness (QED) is 0.121. The van der Waals surface area contributed by atoms with Gasteiger partial charge in [0, 0.05) is 95.2 Å². The van der Waals surface area contributed by atoms with Gasteiger partial charge in [0.2, 0.25) is 0 Å². The molecular formula is C20H53N3O9Si3. The van der Waals surface area contributed by atoms with Crippen LogP contribution in [-0.4, -0.2) is 123 Å². The zero-order valence-corrected chi connectivity index (χ0v) is 26.5. The standard InChI is InChI=1S/C12H31NO6Si2.C8H22N2O3Si/c1-14-20(15-2,16-3)11-7-9-13-10-8-12-21(17-4,18-5)19-6;1-11-14(12-2,13-3)8-4-6-10-7-5-9/h13H,7-12H2,1-6H3;10H,4-9H2,1-3H3. The Kier molecular flexibility index (Phi) is 24.8. The molecule has 0 aliphatic heterocycles. The number of hydrogen-bond donors (Lipinski definition) is 3. The maximum absolute atomic E-state index is 5.37. The smallest absolute Gasteiger partial charge is 0.377 e. The SMILES string of the molecule is CO[Si](CCCNCCC[Si](OC)(OC)OC)(OC)OC.CO[Si](CCCNCCN)(OC)OC. The summed E-state index contributed by atoms with van der Waals surface area (Å²) in [5.74, 6) is 0. The van der Waals surface area contributed by atoms with Gasteiger partial charge in [-0.2, -0.15) is 0 Å². The fraction of sp³-hybridized carbons (Fsp3) is 1.00. The van der Waals surface area contributed by atoms with Gasteiger partial charge in [-0.1, -0.05) is 0 Å². The Balaban J connectivity index is 0. The predicted octanol–water partition coefficient (Wildman–Crippen LogP) is 0.915. The zero-order valence-electron chi connectivity index (χ0n) is 23.5. The molecule has 0 radical (unpaired) electrons. The molecule has 0 unspecified atom stereocenters. The van der Waals surface area contributed by atoms with Gasteiger partial charge < -0.3 is 56.2 Å². The lowest BCUT2D eigenvalue weighted by atomic mass is 10.4. The third-order valence-electron chi connectivity index (χ3n) is 5.63. The fourth-order valence-electron chi connectivity index (χ4n) is 3.31. The Morgan fingerprint density at radius 3 is 0.857 bits per heavy atom. The molecule has 214 valence electrons. The van der Waals surface area contributed by atoms with E-state index in [0.29, 0.717) is 6.54 Å². The van der Waals surface area contributed by atoms with E-state index in [9.17, 15) is 0 Å². The first kappa shape index (κ1) is 37.3. The van der Waals surface area contributed by atoms with Crippen molar-refractivity contribution in [1.82, 2.24) is 10.6 Å². The van der Waals surface area contributed by atoms with Crippen molar-refractivity contribution in [3.05, 3.63) is 0 Å². The first-order chi connectivity index (χ1) is 16.8. The molecule has 0 saturated carbocycles. The van der Waals surface area contributed by atoms with Crippen LogP contribution in [0.25, 0.3) is 0 Å². The molecule has 0 aromatic rings. The van der Waals surface area contributed by atoms with E-state index in [1.54, 1.807) is 64.0 Å². The van der Waals surface area contributed by atoms with Crippen molar-refractivity contribution in [2.45, 2.75) is 37.4 Å². The Labute approximate surface area is 216 Å². The highest BCUT2D eigenvalue weighted by Crippen LogP contribution is 2.16. The van der Waals surface area contributed by atoms with E-state index in [4.69, 9.17) is 45.6 Å². The highest BCUT2D eigenvalue weighted by Gasteiger charge is 2.38. The van der Waals surface area contributed by atoms with Gasteiger partial charge in [-0.3, -0.25) is 0 Å². The summed E-state index contributed by atoms with van der Waals surface area (Å²) in [5, 5.41) is 6.60. The van der Waals surface area contributed by atoms with E-state index in [1.807, 2.05) is 0 Å². The van der Waals surface area contributed by atoms with E-state index >= 15 is 0 Å². The van der Waals surface area contributed by atoms with E-state index in [-0.39, 0.29) is 0 Å². The molecule has 0 rings (SSSR count). The average Bonchev–Trinajstić information content (AvgIpc) is 2.92. The molecule has 0 aromatic carbocycles. The molecule has 35 heavy (non-hydrogen) atoms. The molecule has 0 spiro atoms. The largest absolute Gasteiger partial charge is 0.500 e. The predicted molar refractivity (Wildman–Crippen MR) is 143 cm³/mol. The number of nitrogens with two attached hydrogens (primary N) is 1. The highest BCUT2D eigenvalue weighted by molar-refractivity contribution is 6.61. The summed E-state index contributed by atoms with van der Waals surface area (Å²) < 4.78 is 48.1. The van der Waals surface area contributed by atoms with Gasteiger partial charge in [0.05, 0.1) is 0 Å².